The highest BCUT2D eigenvalue weighted by Crippen LogP contribution is 2.24. The van der Waals surface area contributed by atoms with Gasteiger partial charge in [-0.05, 0) is 44.4 Å². The number of hydrogen-bond donors (Lipinski definition) is 2. The van der Waals surface area contributed by atoms with Gasteiger partial charge in [0.15, 0.2) is 15.8 Å². The molecular formula is C19H28N4O2S. The quantitative estimate of drug-likeness (QED) is 0.635. The summed E-state index contributed by atoms with van der Waals surface area (Å²) in [6.07, 6.45) is 2.94. The minimum atomic E-state index is -3.05. The smallest absolute Gasteiger partial charge is 0.193 e. The molecule has 2 heterocycles. The number of fused-ring (bicyclic) bond motifs is 1. The van der Waals surface area contributed by atoms with Crippen molar-refractivity contribution in [2.45, 2.75) is 31.9 Å². The van der Waals surface area contributed by atoms with E-state index in [9.17, 15) is 8.42 Å². The Hall–Kier alpha value is -2.02. The van der Waals surface area contributed by atoms with E-state index in [0.29, 0.717) is 13.1 Å². The fourth-order valence-corrected chi connectivity index (χ4v) is 4.98. The first-order valence-electron chi connectivity index (χ1n) is 8.99. The van der Waals surface area contributed by atoms with Crippen LogP contribution in [0.25, 0.3) is 10.9 Å². The molecule has 1 aromatic carbocycles. The van der Waals surface area contributed by atoms with Crippen LogP contribution in [0.5, 0.6) is 0 Å². The van der Waals surface area contributed by atoms with Crippen LogP contribution >= 0.6 is 0 Å². The van der Waals surface area contributed by atoms with Gasteiger partial charge in [0.05, 0.1) is 10.5 Å². The molecule has 1 saturated heterocycles. The van der Waals surface area contributed by atoms with Crippen molar-refractivity contribution in [2.24, 2.45) is 4.99 Å². The number of sulfone groups is 1. The molecule has 1 aliphatic rings. The number of rotatable bonds is 3. The second-order valence-corrected chi connectivity index (χ2v) is 10.3. The zero-order valence-electron chi connectivity index (χ0n) is 16.0. The van der Waals surface area contributed by atoms with Crippen molar-refractivity contribution in [1.82, 2.24) is 15.2 Å². The summed E-state index contributed by atoms with van der Waals surface area (Å²) in [5, 5.41) is 4.68. The highest BCUT2D eigenvalue weighted by atomic mass is 32.2. The molecule has 1 fully saturated rings. The summed E-state index contributed by atoms with van der Waals surface area (Å²) < 4.78 is 23.6. The first-order valence-corrected chi connectivity index (χ1v) is 10.6. The van der Waals surface area contributed by atoms with E-state index in [-0.39, 0.29) is 5.75 Å². The normalized spacial score (nSPS) is 19.7. The number of aromatic nitrogens is 1. The lowest BCUT2D eigenvalue weighted by Gasteiger charge is -2.39. The third-order valence-corrected chi connectivity index (χ3v) is 7.76. The van der Waals surface area contributed by atoms with Gasteiger partial charge in [0.25, 0.3) is 0 Å². The molecule has 3 rings (SSSR count). The monoisotopic (exact) mass is 376 g/mol. The third kappa shape index (κ3) is 3.45. The largest absolute Gasteiger partial charge is 0.361 e. The number of nitrogens with zero attached hydrogens (tertiary/aromatic N) is 2. The number of benzene rings is 1. The van der Waals surface area contributed by atoms with E-state index in [1.807, 2.05) is 4.90 Å². The Kier molecular flexibility index (Phi) is 5.01. The Bertz CT molecular complexity index is 928. The van der Waals surface area contributed by atoms with Crippen LogP contribution in [0.1, 0.15) is 25.0 Å². The summed E-state index contributed by atoms with van der Waals surface area (Å²) in [5.41, 5.74) is 3.71. The second kappa shape index (κ2) is 6.95. The molecule has 1 aliphatic heterocycles. The van der Waals surface area contributed by atoms with Crippen molar-refractivity contribution in [1.29, 1.82) is 0 Å². The van der Waals surface area contributed by atoms with Crippen molar-refractivity contribution in [3.05, 3.63) is 35.5 Å². The van der Waals surface area contributed by atoms with Gasteiger partial charge in [-0.3, -0.25) is 4.99 Å². The third-order valence-electron chi connectivity index (χ3n) is 5.23. The molecular weight excluding hydrogens is 348 g/mol. The van der Waals surface area contributed by atoms with Crippen LogP contribution < -0.4 is 5.32 Å². The maximum atomic E-state index is 12.2. The lowest BCUT2D eigenvalue weighted by Crippen LogP contribution is -2.57. The number of aromatic amines is 1. The van der Waals surface area contributed by atoms with Crippen LogP contribution in [-0.2, 0) is 16.3 Å². The summed E-state index contributed by atoms with van der Waals surface area (Å²) in [6.45, 7) is 7.39. The lowest BCUT2D eigenvalue weighted by molar-refractivity contribution is 0.353. The van der Waals surface area contributed by atoms with Crippen LogP contribution in [0.15, 0.2) is 29.4 Å². The predicted molar refractivity (Wildman–Crippen MR) is 108 cm³/mol. The molecule has 1 aromatic heterocycles. The summed E-state index contributed by atoms with van der Waals surface area (Å²) >= 11 is 0. The van der Waals surface area contributed by atoms with E-state index in [0.717, 1.165) is 24.4 Å². The molecule has 0 bridgehead atoms. The van der Waals surface area contributed by atoms with Gasteiger partial charge in [0, 0.05) is 43.8 Å². The Morgan fingerprint density at radius 2 is 2.15 bits per heavy atom. The van der Waals surface area contributed by atoms with Crippen LogP contribution in [-0.4, -0.2) is 61.4 Å². The van der Waals surface area contributed by atoms with Crippen LogP contribution in [0.3, 0.4) is 0 Å². The van der Waals surface area contributed by atoms with Crippen LogP contribution in [0.4, 0.5) is 0 Å². The van der Waals surface area contributed by atoms with E-state index in [4.69, 9.17) is 0 Å². The maximum Gasteiger partial charge on any atom is 0.193 e. The number of nitrogens with one attached hydrogen (secondary N) is 2. The summed E-state index contributed by atoms with van der Waals surface area (Å²) in [7, 11) is -1.30. The number of aryl methyl sites for hydroxylation is 1. The number of H-pyrrole nitrogens is 1. The van der Waals surface area contributed by atoms with Gasteiger partial charge in [0.2, 0.25) is 0 Å². The van der Waals surface area contributed by atoms with Gasteiger partial charge < -0.3 is 15.2 Å². The Morgan fingerprint density at radius 3 is 2.85 bits per heavy atom. The molecule has 0 unspecified atom stereocenters. The minimum Gasteiger partial charge on any atom is -0.361 e. The van der Waals surface area contributed by atoms with Gasteiger partial charge >= 0.3 is 0 Å². The van der Waals surface area contributed by atoms with Crippen molar-refractivity contribution in [2.75, 3.05) is 32.4 Å². The summed E-state index contributed by atoms with van der Waals surface area (Å²) in [6, 6.07) is 6.28. The Balaban J connectivity index is 1.65. The molecule has 6 nitrogen and oxygen atoms in total. The highest BCUT2D eigenvalue weighted by Gasteiger charge is 2.40. The molecule has 26 heavy (non-hydrogen) atoms. The van der Waals surface area contributed by atoms with Gasteiger partial charge in [-0.25, -0.2) is 8.42 Å². The molecule has 0 spiro atoms. The topological polar surface area (TPSA) is 77.6 Å². The van der Waals surface area contributed by atoms with E-state index in [1.54, 1.807) is 20.9 Å². The summed E-state index contributed by atoms with van der Waals surface area (Å²) in [4.78, 5) is 9.72. The van der Waals surface area contributed by atoms with E-state index in [1.165, 1.54) is 16.5 Å². The minimum absolute atomic E-state index is 0.169. The number of hydrogen-bond acceptors (Lipinski definition) is 3. The van der Waals surface area contributed by atoms with Crippen LogP contribution in [0, 0.1) is 6.92 Å². The molecule has 0 atom stereocenters. The lowest BCUT2D eigenvalue weighted by atomic mass is 10.1. The van der Waals surface area contributed by atoms with Crippen molar-refractivity contribution in [3.8, 4) is 0 Å². The highest BCUT2D eigenvalue weighted by molar-refractivity contribution is 7.92. The van der Waals surface area contributed by atoms with Gasteiger partial charge in [0.1, 0.15) is 0 Å². The van der Waals surface area contributed by atoms with Crippen molar-refractivity contribution >= 4 is 26.7 Å². The maximum absolute atomic E-state index is 12.2. The zero-order chi connectivity index (χ0) is 18.9. The Morgan fingerprint density at radius 1 is 1.38 bits per heavy atom. The van der Waals surface area contributed by atoms with Gasteiger partial charge in [-0.15, -0.1) is 0 Å². The molecule has 2 aromatic rings. The van der Waals surface area contributed by atoms with Gasteiger partial charge in [-0.1, -0.05) is 12.1 Å². The van der Waals surface area contributed by atoms with E-state index >= 15 is 0 Å². The molecule has 0 aliphatic carbocycles. The predicted octanol–water partition coefficient (Wildman–Crippen LogP) is 2.10. The fraction of sp³-hybridized carbons (Fsp3) is 0.526. The molecule has 2 N–H and O–H groups in total. The fourth-order valence-electron chi connectivity index (χ4n) is 3.61. The van der Waals surface area contributed by atoms with Crippen molar-refractivity contribution in [3.63, 3.8) is 0 Å². The Labute approximate surface area is 155 Å². The average molecular weight is 377 g/mol. The van der Waals surface area contributed by atoms with E-state index in [2.05, 4.69) is 46.6 Å². The van der Waals surface area contributed by atoms with Crippen LogP contribution in [0.2, 0.25) is 0 Å². The van der Waals surface area contributed by atoms with Crippen molar-refractivity contribution < 1.29 is 8.42 Å². The van der Waals surface area contributed by atoms with E-state index < -0.39 is 14.6 Å². The molecule has 0 amide bonds. The first kappa shape index (κ1) is 18.8. The number of guanidine groups is 1. The average Bonchev–Trinajstić information content (AvgIpc) is 2.99. The zero-order valence-corrected chi connectivity index (χ0v) is 16.8. The second-order valence-electron chi connectivity index (χ2n) is 7.54. The summed E-state index contributed by atoms with van der Waals surface area (Å²) in [5.74, 6) is 0.937. The van der Waals surface area contributed by atoms with Gasteiger partial charge in [-0.2, -0.15) is 0 Å². The first-order chi connectivity index (χ1) is 12.2. The molecule has 142 valence electrons. The molecule has 0 saturated carbocycles. The standard InChI is InChI=1S/C19H28N4O2S/c1-14-6-5-7-16-17(14)15(12-22-16)8-9-21-18(20-4)23-10-11-26(24,25)19(2,3)13-23/h5-7,12,22H,8-11,13H2,1-4H3,(H,20,21). The molecule has 0 radical (unpaired) electrons. The number of aliphatic imine (C=N–C) groups is 1. The molecule has 7 heteroatoms. The SMILES string of the molecule is CN=C(NCCc1c[nH]c2cccc(C)c12)N1CCS(=O)(=O)C(C)(C)C1.